The summed E-state index contributed by atoms with van der Waals surface area (Å²) in [6.07, 6.45) is 3.34. The highest BCUT2D eigenvalue weighted by atomic mass is 16.3. The van der Waals surface area contributed by atoms with Gasteiger partial charge in [0.15, 0.2) is 0 Å². The van der Waals surface area contributed by atoms with Gasteiger partial charge in [-0.15, -0.1) is 0 Å². The number of nitrogens with one attached hydrogen (secondary N) is 2. The summed E-state index contributed by atoms with van der Waals surface area (Å²) < 4.78 is 6.66. The van der Waals surface area contributed by atoms with Crippen LogP contribution >= 0.6 is 0 Å². The highest BCUT2D eigenvalue weighted by Gasteiger charge is 2.27. The maximum Gasteiger partial charge on any atom is 0.136 e. The quantitative estimate of drug-likeness (QED) is 0.194. The molecule has 2 N–H and O–H groups in total. The molecule has 2 unspecified atom stereocenters. The molecule has 1 aliphatic rings. The van der Waals surface area contributed by atoms with Crippen molar-refractivity contribution < 1.29 is 4.42 Å². The van der Waals surface area contributed by atoms with Crippen LogP contribution in [0.15, 0.2) is 180 Å². The molecule has 0 saturated heterocycles. The fourth-order valence-corrected chi connectivity index (χ4v) is 7.57. The Labute approximate surface area is 294 Å². The lowest BCUT2D eigenvalue weighted by atomic mass is 9.89. The minimum atomic E-state index is -0.212. The van der Waals surface area contributed by atoms with Gasteiger partial charge in [-0.1, -0.05) is 127 Å². The van der Waals surface area contributed by atoms with Crippen molar-refractivity contribution in [1.82, 2.24) is 15.6 Å². The van der Waals surface area contributed by atoms with Crippen molar-refractivity contribution in [3.05, 3.63) is 187 Å². The fourth-order valence-electron chi connectivity index (χ4n) is 7.57. The van der Waals surface area contributed by atoms with Crippen LogP contribution in [-0.2, 0) is 0 Å². The maximum absolute atomic E-state index is 6.66. The first kappa shape index (κ1) is 29.4. The van der Waals surface area contributed by atoms with Gasteiger partial charge in [0.2, 0.25) is 0 Å². The van der Waals surface area contributed by atoms with Crippen molar-refractivity contribution in [1.29, 1.82) is 0 Å². The van der Waals surface area contributed by atoms with Crippen molar-refractivity contribution >= 4 is 49.3 Å². The summed E-state index contributed by atoms with van der Waals surface area (Å²) in [4.78, 5) is 9.50. The van der Waals surface area contributed by atoms with Crippen LogP contribution in [0, 0.1) is 0 Å². The average Bonchev–Trinajstić information content (AvgIpc) is 3.57. The predicted octanol–water partition coefficient (Wildman–Crippen LogP) is 11.0. The molecule has 7 aromatic carbocycles. The van der Waals surface area contributed by atoms with Gasteiger partial charge in [0.05, 0.1) is 0 Å². The average molecular weight is 657 g/mol. The van der Waals surface area contributed by atoms with Gasteiger partial charge in [0.25, 0.3) is 0 Å². The van der Waals surface area contributed by atoms with Gasteiger partial charge in [0, 0.05) is 34.1 Å². The third-order valence-electron chi connectivity index (χ3n) is 10.0. The molecule has 10 rings (SSSR count). The summed E-state index contributed by atoms with van der Waals surface area (Å²) in [5.74, 6) is 0.867. The Balaban J connectivity index is 1.18. The number of fused-ring (bicyclic) bond motifs is 5. The molecule has 0 amide bonds. The summed E-state index contributed by atoms with van der Waals surface area (Å²) >= 11 is 0. The topological polar surface area (TPSA) is 62.5 Å². The van der Waals surface area contributed by atoms with E-state index in [1.807, 2.05) is 24.5 Å². The molecule has 0 saturated carbocycles. The van der Waals surface area contributed by atoms with Crippen LogP contribution in [0.4, 0.5) is 0 Å². The summed E-state index contributed by atoms with van der Waals surface area (Å²) in [5, 5.41) is 14.3. The molecule has 2 aromatic heterocycles. The third kappa shape index (κ3) is 5.14. The Morgan fingerprint density at radius 1 is 0.529 bits per heavy atom. The number of hydrogen-bond acceptors (Lipinski definition) is 5. The molecule has 0 fully saturated rings. The van der Waals surface area contributed by atoms with Crippen LogP contribution in [0.5, 0.6) is 0 Å². The second-order valence-electron chi connectivity index (χ2n) is 13.1. The lowest BCUT2D eigenvalue weighted by Gasteiger charge is -2.33. The first-order valence-electron chi connectivity index (χ1n) is 17.3. The number of rotatable bonds is 5. The largest absolute Gasteiger partial charge is 0.456 e. The monoisotopic (exact) mass is 656 g/mol. The van der Waals surface area contributed by atoms with E-state index >= 15 is 0 Å². The Bertz CT molecular complexity index is 2760. The van der Waals surface area contributed by atoms with Crippen LogP contribution in [0.25, 0.3) is 65.7 Å². The summed E-state index contributed by atoms with van der Waals surface area (Å²) in [7, 11) is 0. The molecule has 5 nitrogen and oxygen atoms in total. The molecule has 0 spiro atoms. The van der Waals surface area contributed by atoms with Crippen LogP contribution < -0.4 is 10.6 Å². The number of amidine groups is 1. The molecule has 3 heterocycles. The molecule has 51 heavy (non-hydrogen) atoms. The Morgan fingerprint density at radius 2 is 1.25 bits per heavy atom. The van der Waals surface area contributed by atoms with Gasteiger partial charge in [-0.3, -0.25) is 10.3 Å². The maximum atomic E-state index is 6.66. The Kier molecular flexibility index (Phi) is 6.96. The molecule has 0 bridgehead atoms. The van der Waals surface area contributed by atoms with E-state index in [4.69, 9.17) is 9.41 Å². The molecule has 242 valence electrons. The molecular formula is C46H32N4O. The number of furan rings is 1. The van der Waals surface area contributed by atoms with E-state index in [1.54, 1.807) is 0 Å². The number of benzene rings is 7. The number of hydrogen-bond donors (Lipinski definition) is 2. The second kappa shape index (κ2) is 12.1. The van der Waals surface area contributed by atoms with E-state index in [0.717, 1.165) is 77.5 Å². The smallest absolute Gasteiger partial charge is 0.136 e. The van der Waals surface area contributed by atoms with Crippen LogP contribution in [0.1, 0.15) is 29.0 Å². The van der Waals surface area contributed by atoms with Crippen LogP contribution in [0.2, 0.25) is 0 Å². The minimum absolute atomic E-state index is 0.188. The van der Waals surface area contributed by atoms with Crippen molar-refractivity contribution in [2.75, 3.05) is 0 Å². The SMILES string of the molecule is c1ccc(C2=NC(c3ccccc3)NC(c3ccc(-c4cc(-c5ccccc5)cc5oc6cc7cnccc7cc6c45)c4ccccc34)N2)cc1. The van der Waals surface area contributed by atoms with E-state index in [2.05, 4.69) is 161 Å². The highest BCUT2D eigenvalue weighted by Crippen LogP contribution is 2.44. The normalized spacial score (nSPS) is 16.0. The molecule has 0 aliphatic carbocycles. The minimum Gasteiger partial charge on any atom is -0.456 e. The van der Waals surface area contributed by atoms with Crippen molar-refractivity contribution in [2.24, 2.45) is 4.99 Å². The second-order valence-corrected chi connectivity index (χ2v) is 13.1. The Morgan fingerprint density at radius 3 is 2.06 bits per heavy atom. The molecule has 0 radical (unpaired) electrons. The van der Waals surface area contributed by atoms with Crippen molar-refractivity contribution in [3.8, 4) is 22.3 Å². The standard InChI is InChI=1S/C46H32N4O/c1-4-12-29(13-5-1)33-25-39(43-40-24-32-22-23-47-28-34(32)27-41(40)51-42(43)26-33)37-20-21-38(36-19-11-10-18-35(36)37)46-49-44(30-14-6-2-7-15-30)48-45(50-46)31-16-8-3-9-17-31/h1-28,44,46,49H,(H,48,50). The van der Waals surface area contributed by atoms with Gasteiger partial charge in [-0.2, -0.15) is 0 Å². The zero-order valence-electron chi connectivity index (χ0n) is 27.6. The summed E-state index contributed by atoms with van der Waals surface area (Å²) in [6, 6.07) is 55.6. The molecular weight excluding hydrogens is 625 g/mol. The van der Waals surface area contributed by atoms with Gasteiger partial charge >= 0.3 is 0 Å². The number of pyridine rings is 1. The lowest BCUT2D eigenvalue weighted by Crippen LogP contribution is -2.45. The number of aromatic nitrogens is 1. The molecule has 1 aliphatic heterocycles. The van der Waals surface area contributed by atoms with Crippen molar-refractivity contribution in [3.63, 3.8) is 0 Å². The van der Waals surface area contributed by atoms with Gasteiger partial charge < -0.3 is 9.73 Å². The van der Waals surface area contributed by atoms with E-state index in [9.17, 15) is 0 Å². The summed E-state index contributed by atoms with van der Waals surface area (Å²) in [5.41, 5.74) is 9.60. The molecule has 5 heteroatoms. The highest BCUT2D eigenvalue weighted by molar-refractivity contribution is 6.18. The van der Waals surface area contributed by atoms with Crippen molar-refractivity contribution in [2.45, 2.75) is 12.3 Å². The number of nitrogens with zero attached hydrogens (tertiary/aromatic N) is 2. The number of aliphatic imine (C=N–C) groups is 1. The van der Waals surface area contributed by atoms with Gasteiger partial charge in [-0.05, 0) is 79.9 Å². The van der Waals surface area contributed by atoms with Crippen LogP contribution in [0.3, 0.4) is 0 Å². The van der Waals surface area contributed by atoms with E-state index in [-0.39, 0.29) is 12.3 Å². The Hall–Kier alpha value is -6.56. The lowest BCUT2D eigenvalue weighted by molar-refractivity contribution is 0.411. The molecule has 2 atom stereocenters. The zero-order chi connectivity index (χ0) is 33.7. The third-order valence-corrected chi connectivity index (χ3v) is 10.0. The first-order valence-corrected chi connectivity index (χ1v) is 17.3. The first-order chi connectivity index (χ1) is 25.3. The van der Waals surface area contributed by atoms with E-state index in [1.165, 1.54) is 10.8 Å². The van der Waals surface area contributed by atoms with Gasteiger partial charge in [0.1, 0.15) is 29.3 Å². The predicted molar refractivity (Wildman–Crippen MR) is 209 cm³/mol. The van der Waals surface area contributed by atoms with Gasteiger partial charge in [-0.25, -0.2) is 4.99 Å². The van der Waals surface area contributed by atoms with Crippen LogP contribution in [-0.4, -0.2) is 10.8 Å². The zero-order valence-corrected chi connectivity index (χ0v) is 27.6. The fraction of sp³-hybridized carbons (Fsp3) is 0.0435. The van der Waals surface area contributed by atoms with E-state index < -0.39 is 0 Å². The summed E-state index contributed by atoms with van der Waals surface area (Å²) in [6.45, 7) is 0. The molecule has 9 aromatic rings. The van der Waals surface area contributed by atoms with E-state index in [0.29, 0.717) is 0 Å².